The Balaban J connectivity index is 1.54. The van der Waals surface area contributed by atoms with Crippen molar-refractivity contribution in [2.24, 2.45) is 12.8 Å². The highest BCUT2D eigenvalue weighted by atomic mass is 32.1. The number of nitrogens with two attached hydrogens (primary N) is 2. The molecule has 2 unspecified atom stereocenters. The number of nitrogens with zero attached hydrogens (tertiary/aromatic N) is 4. The SMILES string of the molecule is [2H]C([2H])([2H])OC1CCN(c2c(NC(=O)c3nc(-c4c(F)cccc4F)sc3N)cnn2C)CCC1N. The predicted molar refractivity (Wildman–Crippen MR) is 123 cm³/mol. The molecule has 9 nitrogen and oxygen atoms in total. The van der Waals surface area contributed by atoms with Gasteiger partial charge < -0.3 is 26.4 Å². The van der Waals surface area contributed by atoms with Gasteiger partial charge >= 0.3 is 0 Å². The lowest BCUT2D eigenvalue weighted by molar-refractivity contribution is 0.0781. The number of carbonyl (C=O) groups excluding carboxylic acids is 1. The van der Waals surface area contributed by atoms with E-state index in [1.54, 1.807) is 11.7 Å². The minimum atomic E-state index is -2.55. The van der Waals surface area contributed by atoms with Crippen LogP contribution in [0.25, 0.3) is 10.6 Å². The second-order valence-electron chi connectivity index (χ2n) is 7.67. The van der Waals surface area contributed by atoms with Crippen molar-refractivity contribution in [3.05, 3.63) is 41.7 Å². The van der Waals surface area contributed by atoms with Gasteiger partial charge in [0.1, 0.15) is 27.3 Å². The van der Waals surface area contributed by atoms with Crippen LogP contribution in [-0.4, -0.2) is 52.9 Å². The number of aryl methyl sites for hydroxylation is 1. The molecule has 1 aliphatic heterocycles. The molecule has 0 bridgehead atoms. The summed E-state index contributed by atoms with van der Waals surface area (Å²) in [6.45, 7) is 0.881. The lowest BCUT2D eigenvalue weighted by atomic mass is 10.1. The number of nitrogens with one attached hydrogen (secondary N) is 1. The van der Waals surface area contributed by atoms with Crippen molar-refractivity contribution in [1.29, 1.82) is 0 Å². The van der Waals surface area contributed by atoms with Crippen LogP contribution in [0, 0.1) is 11.6 Å². The van der Waals surface area contributed by atoms with Crippen LogP contribution >= 0.6 is 11.3 Å². The molecule has 1 amide bonds. The number of hydrogen-bond donors (Lipinski definition) is 3. The van der Waals surface area contributed by atoms with Gasteiger partial charge in [-0.2, -0.15) is 5.10 Å². The van der Waals surface area contributed by atoms with E-state index in [-0.39, 0.29) is 21.3 Å². The molecule has 33 heavy (non-hydrogen) atoms. The molecule has 1 fully saturated rings. The molecule has 4 rings (SSSR count). The van der Waals surface area contributed by atoms with Gasteiger partial charge in [-0.3, -0.25) is 9.48 Å². The molecular weight excluding hydrogens is 452 g/mol. The monoisotopic (exact) mass is 480 g/mol. The van der Waals surface area contributed by atoms with Gasteiger partial charge in [-0.25, -0.2) is 13.8 Å². The van der Waals surface area contributed by atoms with Crippen molar-refractivity contribution in [2.45, 2.75) is 25.0 Å². The summed E-state index contributed by atoms with van der Waals surface area (Å²) in [5.41, 5.74) is 12.0. The molecule has 176 valence electrons. The Bertz CT molecular complexity index is 1250. The number of benzene rings is 1. The van der Waals surface area contributed by atoms with Crippen LogP contribution in [0.3, 0.4) is 0 Å². The summed E-state index contributed by atoms with van der Waals surface area (Å²) in [6, 6.07) is 2.95. The lowest BCUT2D eigenvalue weighted by Crippen LogP contribution is -2.35. The van der Waals surface area contributed by atoms with E-state index in [9.17, 15) is 13.6 Å². The maximum absolute atomic E-state index is 14.2. The third kappa shape index (κ3) is 4.54. The largest absolute Gasteiger partial charge is 0.389 e. The predicted octanol–water partition coefficient (Wildman–Crippen LogP) is 2.60. The number of ether oxygens (including phenoxy) is 1. The number of carbonyl (C=O) groups is 1. The summed E-state index contributed by atoms with van der Waals surface area (Å²) < 4.78 is 57.2. The van der Waals surface area contributed by atoms with Crippen LogP contribution in [0.2, 0.25) is 0 Å². The number of amides is 1. The second-order valence-corrected chi connectivity index (χ2v) is 8.70. The van der Waals surface area contributed by atoms with Gasteiger partial charge in [-0.15, -0.1) is 0 Å². The third-order valence-electron chi connectivity index (χ3n) is 5.55. The molecule has 0 saturated carbocycles. The Morgan fingerprint density at radius 3 is 2.79 bits per heavy atom. The Morgan fingerprint density at radius 2 is 2.06 bits per heavy atom. The Labute approximate surface area is 197 Å². The van der Waals surface area contributed by atoms with E-state index in [4.69, 9.17) is 20.3 Å². The van der Waals surface area contributed by atoms with Crippen LogP contribution in [0.1, 0.15) is 27.4 Å². The maximum atomic E-state index is 14.2. The summed E-state index contributed by atoms with van der Waals surface area (Å²) in [5.74, 6) is -1.73. The molecule has 0 aliphatic carbocycles. The zero-order valence-corrected chi connectivity index (χ0v) is 18.5. The van der Waals surface area contributed by atoms with Gasteiger partial charge in [0.15, 0.2) is 11.5 Å². The molecule has 0 radical (unpaired) electrons. The van der Waals surface area contributed by atoms with E-state index in [1.165, 1.54) is 12.3 Å². The Morgan fingerprint density at radius 1 is 1.33 bits per heavy atom. The zero-order chi connectivity index (χ0) is 26.2. The van der Waals surface area contributed by atoms with Gasteiger partial charge in [-0.1, -0.05) is 17.4 Å². The number of aromatic nitrogens is 3. The topological polar surface area (TPSA) is 124 Å². The first-order valence-corrected chi connectivity index (χ1v) is 11.0. The summed E-state index contributed by atoms with van der Waals surface area (Å²) in [6.07, 6.45) is 1.61. The van der Waals surface area contributed by atoms with Crippen molar-refractivity contribution >= 4 is 33.8 Å². The van der Waals surface area contributed by atoms with E-state index >= 15 is 0 Å². The molecule has 3 aromatic rings. The highest BCUT2D eigenvalue weighted by molar-refractivity contribution is 7.19. The molecule has 2 aromatic heterocycles. The number of thiazole rings is 1. The van der Waals surface area contributed by atoms with E-state index in [2.05, 4.69) is 15.4 Å². The van der Waals surface area contributed by atoms with Gasteiger partial charge in [0.25, 0.3) is 5.91 Å². The smallest absolute Gasteiger partial charge is 0.277 e. The van der Waals surface area contributed by atoms with Crippen LogP contribution in [0.15, 0.2) is 24.4 Å². The number of rotatable bonds is 5. The van der Waals surface area contributed by atoms with Gasteiger partial charge in [0.05, 0.1) is 22.0 Å². The Kier molecular flexibility index (Phi) is 5.53. The van der Waals surface area contributed by atoms with Gasteiger partial charge in [0, 0.05) is 33.2 Å². The van der Waals surface area contributed by atoms with E-state index in [0.29, 0.717) is 37.4 Å². The van der Waals surface area contributed by atoms with Crippen molar-refractivity contribution in [3.8, 4) is 10.6 Å². The van der Waals surface area contributed by atoms with Crippen LogP contribution in [-0.2, 0) is 11.8 Å². The molecule has 0 spiro atoms. The molecule has 2 atom stereocenters. The van der Waals surface area contributed by atoms with Gasteiger partial charge in [-0.05, 0) is 25.0 Å². The molecule has 5 N–H and O–H groups in total. The van der Waals surface area contributed by atoms with Crippen molar-refractivity contribution in [1.82, 2.24) is 14.8 Å². The van der Waals surface area contributed by atoms with Gasteiger partial charge in [0.2, 0.25) is 0 Å². The fraction of sp³-hybridized carbons (Fsp3) is 0.381. The number of nitrogen functional groups attached to an aromatic ring is 1. The summed E-state index contributed by atoms with van der Waals surface area (Å²) in [4.78, 5) is 19.0. The standard InChI is InChI=1S/C21H25F2N7O2S/c1-29-21(30-8-6-13(24)15(32-2)7-9-30)14(10-26-29)27-19(31)17-18(25)33-20(28-17)16-11(22)4-3-5-12(16)23/h3-5,10,13,15H,6-9,24-25H2,1-2H3,(H,27,31)/i2D3. The van der Waals surface area contributed by atoms with E-state index in [1.807, 2.05) is 4.90 Å². The molecule has 1 saturated heterocycles. The summed E-state index contributed by atoms with van der Waals surface area (Å²) in [7, 11) is -0.858. The summed E-state index contributed by atoms with van der Waals surface area (Å²) in [5, 5.41) is 6.89. The first-order chi connectivity index (χ1) is 16.9. The Hall–Kier alpha value is -3.09. The van der Waals surface area contributed by atoms with E-state index < -0.39 is 36.7 Å². The van der Waals surface area contributed by atoms with Crippen LogP contribution in [0.4, 0.5) is 25.3 Å². The number of methoxy groups -OCH3 is 1. The average molecular weight is 481 g/mol. The number of hydrogen-bond acceptors (Lipinski definition) is 8. The average Bonchev–Trinajstić information content (AvgIpc) is 3.28. The molecule has 1 aliphatic rings. The highest BCUT2D eigenvalue weighted by Crippen LogP contribution is 2.34. The van der Waals surface area contributed by atoms with E-state index in [0.717, 1.165) is 23.5 Å². The minimum absolute atomic E-state index is 0.000922. The zero-order valence-electron chi connectivity index (χ0n) is 20.7. The normalized spacial score (nSPS) is 20.6. The van der Waals surface area contributed by atoms with Crippen LogP contribution in [0.5, 0.6) is 0 Å². The van der Waals surface area contributed by atoms with Crippen LogP contribution < -0.4 is 21.7 Å². The number of anilines is 3. The van der Waals surface area contributed by atoms with Crippen molar-refractivity contribution in [3.63, 3.8) is 0 Å². The minimum Gasteiger partial charge on any atom is -0.389 e. The quantitative estimate of drug-likeness (QED) is 0.513. The van der Waals surface area contributed by atoms with Crippen molar-refractivity contribution < 1.29 is 22.4 Å². The first kappa shape index (κ1) is 19.4. The fourth-order valence-corrected chi connectivity index (χ4v) is 4.71. The van der Waals surface area contributed by atoms with Crippen molar-refractivity contribution in [2.75, 3.05) is 36.1 Å². The first-order valence-electron chi connectivity index (χ1n) is 11.7. The fourth-order valence-electron chi connectivity index (χ4n) is 3.84. The lowest BCUT2D eigenvalue weighted by Gasteiger charge is -2.24. The summed E-state index contributed by atoms with van der Waals surface area (Å²) >= 11 is 0.801. The maximum Gasteiger partial charge on any atom is 0.277 e. The third-order valence-corrected chi connectivity index (χ3v) is 6.45. The molecule has 3 heterocycles. The molecular formula is C21H25F2N7O2S. The second kappa shape index (κ2) is 9.41. The number of halogens is 2. The highest BCUT2D eigenvalue weighted by Gasteiger charge is 2.28. The molecule has 1 aromatic carbocycles. The molecule has 12 heteroatoms.